The summed E-state index contributed by atoms with van der Waals surface area (Å²) in [4.78, 5) is 4.48. The Kier molecular flexibility index (Phi) is 5.30. The third kappa shape index (κ3) is 3.51. The lowest BCUT2D eigenvalue weighted by atomic mass is 9.84. The molecule has 7 aromatic rings. The van der Waals surface area contributed by atoms with Gasteiger partial charge in [-0.3, -0.25) is 4.98 Å². The van der Waals surface area contributed by atoms with Crippen LogP contribution in [0.2, 0.25) is 0 Å². The Morgan fingerprint density at radius 2 is 0.921 bits per heavy atom. The molecule has 6 aromatic carbocycles. The van der Waals surface area contributed by atoms with E-state index in [0.29, 0.717) is 0 Å². The Bertz CT molecular complexity index is 1920. The average Bonchev–Trinajstić information content (AvgIpc) is 2.97. The van der Waals surface area contributed by atoms with Crippen molar-refractivity contribution < 1.29 is 0 Å². The monoisotopic (exact) mass is 485 g/mol. The fourth-order valence-corrected chi connectivity index (χ4v) is 6.00. The summed E-state index contributed by atoms with van der Waals surface area (Å²) in [5.41, 5.74) is 9.82. The van der Waals surface area contributed by atoms with Gasteiger partial charge in [-0.05, 0) is 85.6 Å². The molecule has 0 aliphatic rings. The van der Waals surface area contributed by atoms with Gasteiger partial charge >= 0.3 is 0 Å². The van der Waals surface area contributed by atoms with Crippen molar-refractivity contribution in [3.05, 3.63) is 139 Å². The zero-order chi connectivity index (χ0) is 25.6. The zero-order valence-electron chi connectivity index (χ0n) is 21.6. The second-order valence-electron chi connectivity index (χ2n) is 10.0. The third-order valence-corrected chi connectivity index (χ3v) is 7.83. The van der Waals surface area contributed by atoms with Crippen molar-refractivity contribution in [3.8, 4) is 33.4 Å². The molecule has 1 heteroatoms. The quantitative estimate of drug-likeness (QED) is 0.227. The van der Waals surface area contributed by atoms with E-state index in [-0.39, 0.29) is 0 Å². The summed E-state index contributed by atoms with van der Waals surface area (Å²) < 4.78 is 0. The van der Waals surface area contributed by atoms with Crippen LogP contribution in [0.5, 0.6) is 0 Å². The SMILES string of the molecule is Cc1ncccc1-c1ccc(-c2c3ccccc3c(-c3ccc(C)c4ccccc34)c3ccccc23)cc1. The maximum Gasteiger partial charge on any atom is 0.0450 e. The molecule has 1 nitrogen and oxygen atoms in total. The molecule has 0 N–H and O–H groups in total. The van der Waals surface area contributed by atoms with Gasteiger partial charge < -0.3 is 0 Å². The van der Waals surface area contributed by atoms with Crippen LogP contribution in [0.25, 0.3) is 65.7 Å². The van der Waals surface area contributed by atoms with Crippen LogP contribution < -0.4 is 0 Å². The normalized spacial score (nSPS) is 11.4. The van der Waals surface area contributed by atoms with E-state index in [1.165, 1.54) is 71.3 Å². The first-order chi connectivity index (χ1) is 18.7. The highest BCUT2D eigenvalue weighted by Crippen LogP contribution is 2.45. The Morgan fingerprint density at radius 1 is 0.395 bits per heavy atom. The highest BCUT2D eigenvalue weighted by molar-refractivity contribution is 6.23. The van der Waals surface area contributed by atoms with Gasteiger partial charge in [0.2, 0.25) is 0 Å². The molecule has 1 aromatic heterocycles. The minimum Gasteiger partial charge on any atom is -0.261 e. The predicted molar refractivity (Wildman–Crippen MR) is 163 cm³/mol. The van der Waals surface area contributed by atoms with Gasteiger partial charge in [0, 0.05) is 17.5 Å². The highest BCUT2D eigenvalue weighted by Gasteiger charge is 2.18. The lowest BCUT2D eigenvalue weighted by Gasteiger charge is -2.19. The first kappa shape index (κ1) is 22.4. The Morgan fingerprint density at radius 3 is 1.53 bits per heavy atom. The van der Waals surface area contributed by atoms with Crippen LogP contribution in [-0.4, -0.2) is 4.98 Å². The molecule has 38 heavy (non-hydrogen) atoms. The molecular formula is C37H27N. The van der Waals surface area contributed by atoms with E-state index in [9.17, 15) is 0 Å². The van der Waals surface area contributed by atoms with Crippen molar-refractivity contribution >= 4 is 32.3 Å². The van der Waals surface area contributed by atoms with E-state index in [1.807, 2.05) is 12.3 Å². The Labute approximate surface area is 223 Å². The predicted octanol–water partition coefficient (Wildman–Crippen LogP) is 10.2. The number of aromatic nitrogens is 1. The average molecular weight is 486 g/mol. The molecule has 0 atom stereocenters. The molecule has 0 fully saturated rings. The van der Waals surface area contributed by atoms with Crippen LogP contribution in [0.1, 0.15) is 11.3 Å². The first-order valence-electron chi connectivity index (χ1n) is 13.2. The summed E-state index contributed by atoms with van der Waals surface area (Å²) in [6, 6.07) is 44.2. The minimum atomic E-state index is 1.05. The fraction of sp³-hybridized carbons (Fsp3) is 0.0541. The van der Waals surface area contributed by atoms with E-state index < -0.39 is 0 Å². The minimum absolute atomic E-state index is 1.05. The molecular weight excluding hydrogens is 458 g/mol. The zero-order valence-corrected chi connectivity index (χ0v) is 21.6. The Hall–Kier alpha value is -4.75. The maximum absolute atomic E-state index is 4.48. The van der Waals surface area contributed by atoms with Gasteiger partial charge in [-0.15, -0.1) is 0 Å². The standard InChI is InChI=1S/C37H27N/c1-24-17-22-35(30-11-4-3-10-28(24)30)37-33-14-7-5-12-31(33)36(32-13-6-8-15-34(32)37)27-20-18-26(19-21-27)29-16-9-23-38-25(29)2/h3-23H,1-2H3. The summed E-state index contributed by atoms with van der Waals surface area (Å²) in [5, 5.41) is 7.72. The summed E-state index contributed by atoms with van der Waals surface area (Å²) >= 11 is 0. The second kappa shape index (κ2) is 8.97. The van der Waals surface area contributed by atoms with Crippen molar-refractivity contribution in [3.63, 3.8) is 0 Å². The first-order valence-corrected chi connectivity index (χ1v) is 13.2. The molecule has 0 bridgehead atoms. The van der Waals surface area contributed by atoms with Gasteiger partial charge in [0.25, 0.3) is 0 Å². The van der Waals surface area contributed by atoms with Crippen molar-refractivity contribution in [2.75, 3.05) is 0 Å². The van der Waals surface area contributed by atoms with E-state index in [2.05, 4.69) is 134 Å². The number of pyridine rings is 1. The molecule has 7 rings (SSSR count). The summed E-state index contributed by atoms with van der Waals surface area (Å²) in [6.45, 7) is 4.26. The number of rotatable bonds is 3. The third-order valence-electron chi connectivity index (χ3n) is 7.83. The number of hydrogen-bond donors (Lipinski definition) is 0. The summed E-state index contributed by atoms with van der Waals surface area (Å²) in [6.07, 6.45) is 1.85. The second-order valence-corrected chi connectivity index (χ2v) is 10.0. The lowest BCUT2D eigenvalue weighted by Crippen LogP contribution is -1.92. The van der Waals surface area contributed by atoms with Crippen LogP contribution in [0.15, 0.2) is 128 Å². The van der Waals surface area contributed by atoms with E-state index in [1.54, 1.807) is 0 Å². The Balaban J connectivity index is 1.53. The number of benzene rings is 6. The molecule has 0 aliphatic carbocycles. The molecule has 180 valence electrons. The molecule has 0 spiro atoms. The number of hydrogen-bond acceptors (Lipinski definition) is 1. The van der Waals surface area contributed by atoms with Crippen molar-refractivity contribution in [2.45, 2.75) is 13.8 Å². The number of nitrogens with zero attached hydrogens (tertiary/aromatic N) is 1. The number of aryl methyl sites for hydroxylation is 2. The molecule has 0 unspecified atom stereocenters. The van der Waals surface area contributed by atoms with Crippen molar-refractivity contribution in [1.82, 2.24) is 4.98 Å². The van der Waals surface area contributed by atoms with Crippen LogP contribution >= 0.6 is 0 Å². The van der Waals surface area contributed by atoms with E-state index in [4.69, 9.17) is 0 Å². The molecule has 0 aliphatic heterocycles. The van der Waals surface area contributed by atoms with Crippen LogP contribution in [0, 0.1) is 13.8 Å². The van der Waals surface area contributed by atoms with Gasteiger partial charge in [0.15, 0.2) is 0 Å². The van der Waals surface area contributed by atoms with Crippen LogP contribution in [-0.2, 0) is 0 Å². The molecule has 1 heterocycles. The lowest BCUT2D eigenvalue weighted by molar-refractivity contribution is 1.20. The molecule has 0 radical (unpaired) electrons. The molecule has 0 saturated heterocycles. The van der Waals surface area contributed by atoms with Crippen molar-refractivity contribution in [1.29, 1.82) is 0 Å². The van der Waals surface area contributed by atoms with Gasteiger partial charge in [-0.2, -0.15) is 0 Å². The van der Waals surface area contributed by atoms with Gasteiger partial charge in [0.1, 0.15) is 0 Å². The summed E-state index contributed by atoms with van der Waals surface area (Å²) in [5.74, 6) is 0. The van der Waals surface area contributed by atoms with Crippen molar-refractivity contribution in [2.24, 2.45) is 0 Å². The van der Waals surface area contributed by atoms with Gasteiger partial charge in [-0.25, -0.2) is 0 Å². The van der Waals surface area contributed by atoms with E-state index in [0.717, 1.165) is 5.69 Å². The largest absolute Gasteiger partial charge is 0.261 e. The molecule has 0 amide bonds. The summed E-state index contributed by atoms with van der Waals surface area (Å²) in [7, 11) is 0. The van der Waals surface area contributed by atoms with Crippen LogP contribution in [0.4, 0.5) is 0 Å². The topological polar surface area (TPSA) is 12.9 Å². The van der Waals surface area contributed by atoms with Gasteiger partial charge in [0.05, 0.1) is 0 Å². The van der Waals surface area contributed by atoms with Gasteiger partial charge in [-0.1, -0.05) is 115 Å². The maximum atomic E-state index is 4.48. The van der Waals surface area contributed by atoms with Crippen LogP contribution in [0.3, 0.4) is 0 Å². The highest BCUT2D eigenvalue weighted by atomic mass is 14.7. The van der Waals surface area contributed by atoms with E-state index >= 15 is 0 Å². The fourth-order valence-electron chi connectivity index (χ4n) is 6.00. The molecule has 0 saturated carbocycles. The number of fused-ring (bicyclic) bond motifs is 3. The smallest absolute Gasteiger partial charge is 0.0450 e.